The number of esters is 1. The van der Waals surface area contributed by atoms with Crippen LogP contribution in [0.5, 0.6) is 0 Å². The van der Waals surface area contributed by atoms with Gasteiger partial charge >= 0.3 is 5.97 Å². The Morgan fingerprint density at radius 1 is 1.23 bits per heavy atom. The molecule has 0 spiro atoms. The van der Waals surface area contributed by atoms with Crippen LogP contribution in [0.4, 0.5) is 5.69 Å². The molecule has 0 bridgehead atoms. The Balaban J connectivity index is 1.80. The Labute approximate surface area is 161 Å². The van der Waals surface area contributed by atoms with E-state index in [1.54, 1.807) is 0 Å². The molecule has 2 heterocycles. The van der Waals surface area contributed by atoms with Crippen LogP contribution in [-0.2, 0) is 4.74 Å². The number of carbonyl (C=O) groups is 1. The van der Waals surface area contributed by atoms with Gasteiger partial charge in [0, 0.05) is 31.0 Å². The van der Waals surface area contributed by atoms with Gasteiger partial charge in [-0.15, -0.1) is 0 Å². The number of likely N-dealkylation sites (N-methyl/N-ethyl adjacent to an activating group) is 1. The summed E-state index contributed by atoms with van der Waals surface area (Å²) >= 11 is 3.42. The topological polar surface area (TPSA) is 55.3 Å². The second kappa shape index (κ2) is 6.99. The minimum Gasteiger partial charge on any atom is -0.465 e. The SMILES string of the molecule is COC(=O)c1ccc2c(c1)N(C)C(c1ncc(Br)cn1)C2C1CCCC1. The summed E-state index contributed by atoms with van der Waals surface area (Å²) in [6.07, 6.45) is 8.67. The molecule has 0 N–H and O–H groups in total. The lowest BCUT2D eigenvalue weighted by Crippen LogP contribution is -2.27. The van der Waals surface area contributed by atoms with Gasteiger partial charge in [0.25, 0.3) is 0 Å². The fraction of sp³-hybridized carbons (Fsp3) is 0.450. The Bertz CT molecular complexity index is 818. The summed E-state index contributed by atoms with van der Waals surface area (Å²) in [7, 11) is 3.49. The van der Waals surface area contributed by atoms with Gasteiger partial charge in [0.05, 0.1) is 23.2 Å². The van der Waals surface area contributed by atoms with Gasteiger partial charge in [-0.2, -0.15) is 0 Å². The van der Waals surface area contributed by atoms with E-state index in [1.165, 1.54) is 38.4 Å². The van der Waals surface area contributed by atoms with E-state index in [1.807, 2.05) is 24.5 Å². The summed E-state index contributed by atoms with van der Waals surface area (Å²) in [6, 6.07) is 6.02. The first-order valence-electron chi connectivity index (χ1n) is 9.02. The van der Waals surface area contributed by atoms with E-state index in [0.717, 1.165) is 16.0 Å². The minimum atomic E-state index is -0.304. The number of carbonyl (C=O) groups excluding carboxylic acids is 1. The van der Waals surface area contributed by atoms with Crippen molar-refractivity contribution in [2.24, 2.45) is 5.92 Å². The number of benzene rings is 1. The summed E-state index contributed by atoms with van der Waals surface area (Å²) in [6.45, 7) is 0. The number of methoxy groups -OCH3 is 1. The first-order valence-corrected chi connectivity index (χ1v) is 9.82. The highest BCUT2D eigenvalue weighted by Gasteiger charge is 2.44. The molecule has 2 aliphatic rings. The fourth-order valence-electron chi connectivity index (χ4n) is 4.57. The van der Waals surface area contributed by atoms with Crippen molar-refractivity contribution in [1.82, 2.24) is 9.97 Å². The van der Waals surface area contributed by atoms with Gasteiger partial charge in [-0.05, 0) is 52.4 Å². The van der Waals surface area contributed by atoms with Crippen LogP contribution in [0.15, 0.2) is 35.1 Å². The smallest absolute Gasteiger partial charge is 0.337 e. The van der Waals surface area contributed by atoms with E-state index in [4.69, 9.17) is 4.74 Å². The summed E-state index contributed by atoms with van der Waals surface area (Å²) in [4.78, 5) is 23.4. The lowest BCUT2D eigenvalue weighted by atomic mass is 9.81. The van der Waals surface area contributed by atoms with Crippen molar-refractivity contribution in [2.75, 3.05) is 19.1 Å². The highest BCUT2D eigenvalue weighted by atomic mass is 79.9. The van der Waals surface area contributed by atoms with Crippen LogP contribution in [0.1, 0.15) is 59.4 Å². The minimum absolute atomic E-state index is 0.0918. The van der Waals surface area contributed by atoms with Crippen molar-refractivity contribution in [3.63, 3.8) is 0 Å². The normalized spacial score (nSPS) is 22.5. The third kappa shape index (κ3) is 2.90. The molecule has 1 aliphatic heterocycles. The molecule has 5 nitrogen and oxygen atoms in total. The molecule has 4 rings (SSSR count). The van der Waals surface area contributed by atoms with Crippen molar-refractivity contribution in [2.45, 2.75) is 37.6 Å². The molecule has 2 aromatic rings. The number of hydrogen-bond acceptors (Lipinski definition) is 5. The van der Waals surface area contributed by atoms with Crippen LogP contribution in [0, 0.1) is 5.92 Å². The lowest BCUT2D eigenvalue weighted by Gasteiger charge is -2.29. The zero-order valence-corrected chi connectivity index (χ0v) is 16.6. The van der Waals surface area contributed by atoms with Gasteiger partial charge in [0.15, 0.2) is 5.82 Å². The molecule has 1 aromatic heterocycles. The number of nitrogens with zero attached hydrogens (tertiary/aromatic N) is 3. The summed E-state index contributed by atoms with van der Waals surface area (Å²) < 4.78 is 5.77. The molecule has 1 fully saturated rings. The maximum atomic E-state index is 12.0. The van der Waals surface area contributed by atoms with E-state index >= 15 is 0 Å². The molecule has 2 atom stereocenters. The van der Waals surface area contributed by atoms with Gasteiger partial charge in [-0.25, -0.2) is 14.8 Å². The average molecular weight is 416 g/mol. The number of ether oxygens (including phenoxy) is 1. The maximum absolute atomic E-state index is 12.0. The predicted molar refractivity (Wildman–Crippen MR) is 103 cm³/mol. The lowest BCUT2D eigenvalue weighted by molar-refractivity contribution is 0.0601. The van der Waals surface area contributed by atoms with E-state index in [2.05, 4.69) is 43.9 Å². The number of rotatable bonds is 3. The van der Waals surface area contributed by atoms with Crippen molar-refractivity contribution in [3.8, 4) is 0 Å². The van der Waals surface area contributed by atoms with E-state index < -0.39 is 0 Å². The number of aromatic nitrogens is 2. The van der Waals surface area contributed by atoms with Crippen molar-refractivity contribution in [1.29, 1.82) is 0 Å². The van der Waals surface area contributed by atoms with Crippen molar-refractivity contribution < 1.29 is 9.53 Å². The first kappa shape index (κ1) is 17.5. The van der Waals surface area contributed by atoms with Gasteiger partial charge in [-0.1, -0.05) is 18.9 Å². The largest absolute Gasteiger partial charge is 0.465 e. The Morgan fingerprint density at radius 2 is 1.92 bits per heavy atom. The first-order chi connectivity index (χ1) is 12.6. The summed E-state index contributed by atoms with van der Waals surface area (Å²) in [5.74, 6) is 1.51. The predicted octanol–water partition coefficient (Wildman–Crippen LogP) is 4.49. The quantitative estimate of drug-likeness (QED) is 0.691. The number of halogens is 1. The second-order valence-electron chi connectivity index (χ2n) is 7.15. The van der Waals surface area contributed by atoms with E-state index in [-0.39, 0.29) is 12.0 Å². The molecule has 1 aliphatic carbocycles. The van der Waals surface area contributed by atoms with Crippen LogP contribution < -0.4 is 4.90 Å². The zero-order valence-electron chi connectivity index (χ0n) is 15.0. The molecule has 1 aromatic carbocycles. The van der Waals surface area contributed by atoms with Crippen LogP contribution in [-0.4, -0.2) is 30.1 Å². The standard InChI is InChI=1S/C20H22BrN3O2/c1-24-16-9-13(20(25)26-2)7-8-15(16)17(12-5-3-4-6-12)18(24)19-22-10-14(21)11-23-19/h7-12,17-18H,3-6H2,1-2H3. The zero-order chi connectivity index (χ0) is 18.3. The third-order valence-electron chi connectivity index (χ3n) is 5.76. The van der Waals surface area contributed by atoms with E-state index in [9.17, 15) is 4.79 Å². The summed E-state index contributed by atoms with van der Waals surface area (Å²) in [5, 5.41) is 0. The van der Waals surface area contributed by atoms with E-state index in [0.29, 0.717) is 17.4 Å². The van der Waals surface area contributed by atoms with Gasteiger partial charge in [0.1, 0.15) is 0 Å². The molecule has 0 amide bonds. The Kier molecular flexibility index (Phi) is 4.69. The van der Waals surface area contributed by atoms with Crippen molar-refractivity contribution in [3.05, 3.63) is 52.0 Å². The molecule has 136 valence electrons. The Morgan fingerprint density at radius 3 is 2.58 bits per heavy atom. The van der Waals surface area contributed by atoms with Crippen LogP contribution in [0.2, 0.25) is 0 Å². The molecule has 1 saturated carbocycles. The molecular weight excluding hydrogens is 394 g/mol. The van der Waals surface area contributed by atoms with Gasteiger partial charge in [0.2, 0.25) is 0 Å². The van der Waals surface area contributed by atoms with Crippen molar-refractivity contribution >= 4 is 27.6 Å². The maximum Gasteiger partial charge on any atom is 0.337 e. The highest BCUT2D eigenvalue weighted by Crippen LogP contribution is 2.54. The third-order valence-corrected chi connectivity index (χ3v) is 6.17. The number of hydrogen-bond donors (Lipinski definition) is 0. The van der Waals surface area contributed by atoms with Gasteiger partial charge in [-0.3, -0.25) is 0 Å². The number of anilines is 1. The highest BCUT2D eigenvalue weighted by molar-refractivity contribution is 9.10. The molecule has 0 saturated heterocycles. The molecule has 6 heteroatoms. The monoisotopic (exact) mass is 415 g/mol. The number of fused-ring (bicyclic) bond motifs is 1. The van der Waals surface area contributed by atoms with Crippen LogP contribution in [0.25, 0.3) is 0 Å². The molecule has 2 unspecified atom stereocenters. The molecule has 26 heavy (non-hydrogen) atoms. The van der Waals surface area contributed by atoms with Crippen LogP contribution in [0.3, 0.4) is 0 Å². The summed E-state index contributed by atoms with van der Waals surface area (Å²) in [5.41, 5.74) is 2.96. The molecule has 0 radical (unpaired) electrons. The average Bonchev–Trinajstić information content (AvgIpc) is 3.28. The second-order valence-corrected chi connectivity index (χ2v) is 8.07. The molecular formula is C20H22BrN3O2. The fourth-order valence-corrected chi connectivity index (χ4v) is 4.78. The van der Waals surface area contributed by atoms with Gasteiger partial charge < -0.3 is 9.64 Å². The van der Waals surface area contributed by atoms with Crippen LogP contribution >= 0.6 is 15.9 Å². The Hall–Kier alpha value is -1.95.